The summed E-state index contributed by atoms with van der Waals surface area (Å²) in [5, 5.41) is 7.01. The van der Waals surface area contributed by atoms with Gasteiger partial charge in [-0.25, -0.2) is 9.67 Å². The van der Waals surface area contributed by atoms with Gasteiger partial charge in [-0.05, 0) is 32.4 Å². The molecular weight excluding hydrogens is 306 g/mol. The van der Waals surface area contributed by atoms with Gasteiger partial charge in [0.1, 0.15) is 12.4 Å². The van der Waals surface area contributed by atoms with Crippen molar-refractivity contribution in [3.8, 4) is 11.4 Å². The van der Waals surface area contributed by atoms with Crippen LogP contribution in [0.3, 0.4) is 0 Å². The zero-order valence-electron chi connectivity index (χ0n) is 14.1. The lowest BCUT2D eigenvalue weighted by atomic mass is 10.1. The zero-order valence-corrected chi connectivity index (χ0v) is 14.1. The van der Waals surface area contributed by atoms with E-state index >= 15 is 0 Å². The van der Waals surface area contributed by atoms with Crippen LogP contribution in [0.1, 0.15) is 36.7 Å². The monoisotopic (exact) mass is 327 g/mol. The van der Waals surface area contributed by atoms with Gasteiger partial charge < -0.3 is 10.2 Å². The van der Waals surface area contributed by atoms with E-state index in [-0.39, 0.29) is 17.9 Å². The summed E-state index contributed by atoms with van der Waals surface area (Å²) in [5.74, 6) is 0.495. The average Bonchev–Trinajstić information content (AvgIpc) is 3.17. The Morgan fingerprint density at radius 3 is 2.58 bits per heavy atom. The molecule has 7 heteroatoms. The van der Waals surface area contributed by atoms with Gasteiger partial charge in [0.15, 0.2) is 5.82 Å². The SMILES string of the molecule is CC(C)n1ncnc1-c1ccc(C(=O)N[C@H]2CCN(C)C2=O)cc1. The number of hydrogen-bond acceptors (Lipinski definition) is 4. The molecule has 0 spiro atoms. The molecule has 0 unspecified atom stereocenters. The minimum absolute atomic E-state index is 0.0370. The Hall–Kier alpha value is -2.70. The number of likely N-dealkylation sites (tertiary alicyclic amines) is 1. The third-order valence-corrected chi connectivity index (χ3v) is 4.20. The van der Waals surface area contributed by atoms with Crippen LogP contribution in [-0.4, -0.2) is 51.1 Å². The normalized spacial score (nSPS) is 17.6. The topological polar surface area (TPSA) is 80.1 Å². The van der Waals surface area contributed by atoms with Crippen LogP contribution in [0.4, 0.5) is 0 Å². The number of nitrogens with zero attached hydrogens (tertiary/aromatic N) is 4. The second-order valence-corrected chi connectivity index (χ2v) is 6.27. The minimum Gasteiger partial charge on any atom is -0.344 e. The molecule has 1 aromatic carbocycles. The largest absolute Gasteiger partial charge is 0.344 e. The van der Waals surface area contributed by atoms with Crippen LogP contribution < -0.4 is 5.32 Å². The van der Waals surface area contributed by atoms with Crippen LogP contribution in [0.5, 0.6) is 0 Å². The van der Waals surface area contributed by atoms with Crippen molar-refractivity contribution < 1.29 is 9.59 Å². The molecule has 0 aliphatic carbocycles. The number of hydrogen-bond donors (Lipinski definition) is 1. The first kappa shape index (κ1) is 16.2. The number of aromatic nitrogens is 3. The van der Waals surface area contributed by atoms with Crippen molar-refractivity contribution in [3.63, 3.8) is 0 Å². The van der Waals surface area contributed by atoms with Gasteiger partial charge in [-0.1, -0.05) is 12.1 Å². The molecule has 7 nitrogen and oxygen atoms in total. The molecule has 2 heterocycles. The summed E-state index contributed by atoms with van der Waals surface area (Å²) in [4.78, 5) is 30.1. The van der Waals surface area contributed by atoms with E-state index in [1.807, 2.05) is 30.7 Å². The summed E-state index contributed by atoms with van der Waals surface area (Å²) < 4.78 is 1.84. The fraction of sp³-hybridized carbons (Fsp3) is 0.412. The number of benzene rings is 1. The molecule has 1 aliphatic rings. The first-order valence-electron chi connectivity index (χ1n) is 8.03. The van der Waals surface area contributed by atoms with Crippen LogP contribution in [0, 0.1) is 0 Å². The number of nitrogens with one attached hydrogen (secondary N) is 1. The second kappa shape index (κ2) is 6.43. The molecule has 126 valence electrons. The summed E-state index contributed by atoms with van der Waals surface area (Å²) in [5.41, 5.74) is 1.42. The van der Waals surface area contributed by atoms with Crippen molar-refractivity contribution >= 4 is 11.8 Å². The zero-order chi connectivity index (χ0) is 17.3. The molecule has 0 radical (unpaired) electrons. The van der Waals surface area contributed by atoms with E-state index in [0.717, 1.165) is 11.4 Å². The maximum atomic E-state index is 12.3. The van der Waals surface area contributed by atoms with Crippen molar-refractivity contribution in [2.24, 2.45) is 0 Å². The molecular formula is C17H21N5O2. The highest BCUT2D eigenvalue weighted by molar-refractivity contribution is 5.98. The van der Waals surface area contributed by atoms with Crippen molar-refractivity contribution in [1.82, 2.24) is 25.0 Å². The van der Waals surface area contributed by atoms with E-state index in [1.165, 1.54) is 6.33 Å². The Kier molecular flexibility index (Phi) is 4.33. The Balaban J connectivity index is 1.73. The molecule has 24 heavy (non-hydrogen) atoms. The molecule has 1 fully saturated rings. The molecule has 0 bridgehead atoms. The number of amides is 2. The first-order chi connectivity index (χ1) is 11.5. The standard InChI is InChI=1S/C17H21N5O2/c1-11(2)22-15(18-10-19-22)12-4-6-13(7-5-12)16(23)20-14-8-9-21(3)17(14)24/h4-7,10-11,14H,8-9H2,1-3H3,(H,20,23)/t14-/m0/s1. The first-order valence-corrected chi connectivity index (χ1v) is 8.03. The smallest absolute Gasteiger partial charge is 0.251 e. The van der Waals surface area contributed by atoms with E-state index in [9.17, 15) is 9.59 Å². The van der Waals surface area contributed by atoms with Crippen LogP contribution in [0.25, 0.3) is 11.4 Å². The molecule has 1 saturated heterocycles. The van der Waals surface area contributed by atoms with Crippen molar-refractivity contribution in [1.29, 1.82) is 0 Å². The predicted molar refractivity (Wildman–Crippen MR) is 89.4 cm³/mol. The highest BCUT2D eigenvalue weighted by Crippen LogP contribution is 2.20. The van der Waals surface area contributed by atoms with Gasteiger partial charge in [-0.2, -0.15) is 5.10 Å². The molecule has 0 saturated carbocycles. The quantitative estimate of drug-likeness (QED) is 0.922. The second-order valence-electron chi connectivity index (χ2n) is 6.27. The lowest BCUT2D eigenvalue weighted by Gasteiger charge is -2.13. The Bertz CT molecular complexity index is 751. The highest BCUT2D eigenvalue weighted by atomic mass is 16.2. The van der Waals surface area contributed by atoms with Gasteiger partial charge in [-0.3, -0.25) is 9.59 Å². The Morgan fingerprint density at radius 1 is 1.29 bits per heavy atom. The molecule has 1 N–H and O–H groups in total. The molecule has 3 rings (SSSR count). The molecule has 1 aliphatic heterocycles. The van der Waals surface area contributed by atoms with Crippen LogP contribution in [0.2, 0.25) is 0 Å². The van der Waals surface area contributed by atoms with Gasteiger partial charge in [-0.15, -0.1) is 0 Å². The van der Waals surface area contributed by atoms with Crippen LogP contribution in [0.15, 0.2) is 30.6 Å². The van der Waals surface area contributed by atoms with Gasteiger partial charge in [0.2, 0.25) is 5.91 Å². The summed E-state index contributed by atoms with van der Waals surface area (Å²) in [7, 11) is 1.74. The number of rotatable bonds is 4. The van der Waals surface area contributed by atoms with E-state index in [4.69, 9.17) is 0 Å². The molecule has 1 aromatic heterocycles. The summed E-state index contributed by atoms with van der Waals surface area (Å²) in [6, 6.07) is 6.96. The van der Waals surface area contributed by atoms with E-state index in [2.05, 4.69) is 15.4 Å². The Morgan fingerprint density at radius 2 is 2.00 bits per heavy atom. The van der Waals surface area contributed by atoms with Crippen molar-refractivity contribution in [2.45, 2.75) is 32.4 Å². The molecule has 2 aromatic rings. The van der Waals surface area contributed by atoms with E-state index in [0.29, 0.717) is 18.5 Å². The number of likely N-dealkylation sites (N-methyl/N-ethyl adjacent to an activating group) is 1. The third-order valence-electron chi connectivity index (χ3n) is 4.20. The summed E-state index contributed by atoms with van der Waals surface area (Å²) in [6.07, 6.45) is 2.18. The molecule has 1 atom stereocenters. The highest BCUT2D eigenvalue weighted by Gasteiger charge is 2.30. The Labute approximate surface area is 140 Å². The number of carbonyl (C=O) groups excluding carboxylic acids is 2. The maximum Gasteiger partial charge on any atom is 0.251 e. The lowest BCUT2D eigenvalue weighted by Crippen LogP contribution is -2.40. The van der Waals surface area contributed by atoms with Gasteiger partial charge in [0.25, 0.3) is 5.91 Å². The lowest BCUT2D eigenvalue weighted by molar-refractivity contribution is -0.128. The fourth-order valence-corrected chi connectivity index (χ4v) is 2.80. The fourth-order valence-electron chi connectivity index (χ4n) is 2.80. The summed E-state index contributed by atoms with van der Waals surface area (Å²) >= 11 is 0. The van der Waals surface area contributed by atoms with E-state index in [1.54, 1.807) is 24.1 Å². The third kappa shape index (κ3) is 3.02. The van der Waals surface area contributed by atoms with E-state index < -0.39 is 6.04 Å². The number of carbonyl (C=O) groups is 2. The van der Waals surface area contributed by atoms with Crippen LogP contribution in [-0.2, 0) is 4.79 Å². The maximum absolute atomic E-state index is 12.3. The summed E-state index contributed by atoms with van der Waals surface area (Å²) in [6.45, 7) is 4.75. The predicted octanol–water partition coefficient (Wildman–Crippen LogP) is 1.49. The average molecular weight is 327 g/mol. The van der Waals surface area contributed by atoms with Crippen LogP contribution >= 0.6 is 0 Å². The van der Waals surface area contributed by atoms with Gasteiger partial charge in [0.05, 0.1) is 0 Å². The van der Waals surface area contributed by atoms with Gasteiger partial charge in [0, 0.05) is 30.8 Å². The minimum atomic E-state index is -0.425. The van der Waals surface area contributed by atoms with Gasteiger partial charge >= 0.3 is 0 Å². The molecule has 2 amide bonds. The van der Waals surface area contributed by atoms with Crippen molar-refractivity contribution in [2.75, 3.05) is 13.6 Å². The van der Waals surface area contributed by atoms with Crippen molar-refractivity contribution in [3.05, 3.63) is 36.2 Å².